The van der Waals surface area contributed by atoms with E-state index in [9.17, 15) is 9.59 Å². The van der Waals surface area contributed by atoms with Crippen LogP contribution in [0.5, 0.6) is 5.75 Å². The molecule has 3 aromatic rings. The van der Waals surface area contributed by atoms with Gasteiger partial charge < -0.3 is 14.8 Å². The third kappa shape index (κ3) is 4.91. The minimum Gasteiger partial charge on any atom is -0.497 e. The smallest absolute Gasteiger partial charge is 0.359 e. The Kier molecular flexibility index (Phi) is 6.13. The van der Waals surface area contributed by atoms with Crippen LogP contribution in [0.25, 0.3) is 5.82 Å². The van der Waals surface area contributed by atoms with Gasteiger partial charge in [0, 0.05) is 17.4 Å². The molecule has 0 aliphatic heterocycles. The lowest BCUT2D eigenvalue weighted by Gasteiger charge is -2.09. The van der Waals surface area contributed by atoms with E-state index in [0.717, 1.165) is 11.4 Å². The molecule has 1 N–H and O–H groups in total. The summed E-state index contributed by atoms with van der Waals surface area (Å²) in [5.74, 6) is -0.291. The number of nitrogens with one attached hydrogen (secondary N) is 1. The lowest BCUT2D eigenvalue weighted by atomic mass is 10.3. The van der Waals surface area contributed by atoms with Crippen molar-refractivity contribution in [3.63, 3.8) is 0 Å². The number of amides is 1. The summed E-state index contributed by atoms with van der Waals surface area (Å²) in [7, 11) is 1.53. The van der Waals surface area contributed by atoms with Crippen LogP contribution in [-0.4, -0.2) is 40.4 Å². The number of esters is 1. The molecular weight excluding hydrogens is 396 g/mol. The number of nitrogens with zero attached hydrogens (tertiary/aromatic N) is 3. The van der Waals surface area contributed by atoms with Gasteiger partial charge in [-0.3, -0.25) is 4.79 Å². The van der Waals surface area contributed by atoms with E-state index in [2.05, 4.69) is 15.4 Å². The quantitative estimate of drug-likeness (QED) is 0.621. The fourth-order valence-electron chi connectivity index (χ4n) is 2.65. The molecule has 0 saturated heterocycles. The fraction of sp³-hybridized carbons (Fsp3) is 0.200. The van der Waals surface area contributed by atoms with Gasteiger partial charge in [0.05, 0.1) is 17.8 Å². The molecule has 0 atom stereocenters. The van der Waals surface area contributed by atoms with Crippen molar-refractivity contribution in [2.75, 3.05) is 19.0 Å². The number of hydrogen-bond donors (Lipinski definition) is 1. The van der Waals surface area contributed by atoms with E-state index < -0.39 is 18.5 Å². The van der Waals surface area contributed by atoms with E-state index in [1.54, 1.807) is 35.0 Å². The van der Waals surface area contributed by atoms with Gasteiger partial charge in [0.1, 0.15) is 5.75 Å². The van der Waals surface area contributed by atoms with Gasteiger partial charge in [-0.15, -0.1) is 0 Å². The number of aromatic nitrogens is 3. The molecule has 0 aliphatic rings. The summed E-state index contributed by atoms with van der Waals surface area (Å²) in [6, 6.07) is 11.9. The molecular formula is C20H19ClN4O4. The Hall–Kier alpha value is -3.39. The molecule has 0 unspecified atom stereocenters. The maximum absolute atomic E-state index is 12.4. The molecule has 0 saturated carbocycles. The molecule has 1 amide bonds. The van der Waals surface area contributed by atoms with Crippen molar-refractivity contribution >= 4 is 29.2 Å². The molecule has 9 heteroatoms. The minimum atomic E-state index is -0.806. The van der Waals surface area contributed by atoms with Crippen molar-refractivity contribution in [2.24, 2.45) is 0 Å². The van der Waals surface area contributed by atoms with Gasteiger partial charge >= 0.3 is 5.97 Å². The summed E-state index contributed by atoms with van der Waals surface area (Å²) in [6.07, 6.45) is 0. The van der Waals surface area contributed by atoms with E-state index >= 15 is 0 Å². The Balaban J connectivity index is 1.68. The van der Waals surface area contributed by atoms with Crippen molar-refractivity contribution in [2.45, 2.75) is 13.8 Å². The third-order valence-electron chi connectivity index (χ3n) is 3.94. The fourth-order valence-corrected chi connectivity index (χ4v) is 2.83. The number of anilines is 1. The monoisotopic (exact) mass is 414 g/mol. The highest BCUT2D eigenvalue weighted by atomic mass is 35.5. The van der Waals surface area contributed by atoms with Crippen LogP contribution in [0.4, 0.5) is 5.69 Å². The van der Waals surface area contributed by atoms with Crippen LogP contribution in [0.2, 0.25) is 5.02 Å². The first kappa shape index (κ1) is 20.3. The van der Waals surface area contributed by atoms with Crippen LogP contribution >= 0.6 is 11.6 Å². The molecule has 0 spiro atoms. The van der Waals surface area contributed by atoms with E-state index in [-0.39, 0.29) is 10.7 Å². The molecule has 0 bridgehead atoms. The number of pyridine rings is 1. The highest BCUT2D eigenvalue weighted by Crippen LogP contribution is 2.19. The number of benzene rings is 1. The zero-order chi connectivity index (χ0) is 21.0. The summed E-state index contributed by atoms with van der Waals surface area (Å²) in [5, 5.41) is 7.07. The van der Waals surface area contributed by atoms with Crippen molar-refractivity contribution in [3.05, 3.63) is 64.6 Å². The molecule has 2 aromatic heterocycles. The number of hydrogen-bond acceptors (Lipinski definition) is 6. The third-order valence-corrected chi connectivity index (χ3v) is 4.24. The lowest BCUT2D eigenvalue weighted by Crippen LogP contribution is -2.21. The van der Waals surface area contributed by atoms with E-state index in [1.807, 2.05) is 19.9 Å². The van der Waals surface area contributed by atoms with Gasteiger partial charge in [0.25, 0.3) is 5.91 Å². The van der Waals surface area contributed by atoms with E-state index in [1.165, 1.54) is 13.2 Å². The number of ether oxygens (including phenoxy) is 2. The minimum absolute atomic E-state index is 0.0918. The van der Waals surface area contributed by atoms with Crippen molar-refractivity contribution in [3.8, 4) is 11.6 Å². The second-order valence-electron chi connectivity index (χ2n) is 6.20. The Bertz CT molecular complexity index is 1060. The number of methoxy groups -OCH3 is 1. The summed E-state index contributed by atoms with van der Waals surface area (Å²) < 4.78 is 11.8. The second kappa shape index (κ2) is 8.74. The predicted octanol–water partition coefficient (Wildman–Crippen LogP) is 3.34. The molecule has 0 fully saturated rings. The Morgan fingerprint density at radius 2 is 1.97 bits per heavy atom. The molecule has 29 heavy (non-hydrogen) atoms. The first-order valence-corrected chi connectivity index (χ1v) is 9.06. The van der Waals surface area contributed by atoms with Gasteiger partial charge in [-0.2, -0.15) is 5.10 Å². The molecule has 1 aromatic carbocycles. The molecule has 2 heterocycles. The largest absolute Gasteiger partial charge is 0.497 e. The Labute approximate surface area is 172 Å². The number of halogens is 1. The summed E-state index contributed by atoms with van der Waals surface area (Å²) in [6.45, 7) is 3.24. The molecule has 0 radical (unpaired) electrons. The zero-order valence-corrected chi connectivity index (χ0v) is 16.9. The molecule has 150 valence electrons. The van der Waals surface area contributed by atoms with Crippen molar-refractivity contribution in [1.29, 1.82) is 0 Å². The number of rotatable bonds is 6. The average molecular weight is 415 g/mol. The maximum atomic E-state index is 12.4. The molecule has 3 rings (SSSR count). The van der Waals surface area contributed by atoms with Crippen molar-refractivity contribution < 1.29 is 19.1 Å². The number of carbonyl (C=O) groups excluding carboxylic acids is 2. The van der Waals surface area contributed by atoms with E-state index in [0.29, 0.717) is 17.3 Å². The summed E-state index contributed by atoms with van der Waals surface area (Å²) in [5.41, 5.74) is 2.10. The standard InChI is InChI=1S/C20H19ClN4O4/c1-12-9-13(2)25(24-12)17-8-7-16(21)19(23-17)20(27)29-11-18(26)22-14-5-4-6-15(10-14)28-3/h4-10H,11H2,1-3H3,(H,22,26). The SMILES string of the molecule is COc1cccc(NC(=O)COC(=O)c2nc(-n3nc(C)cc3C)ccc2Cl)c1. The van der Waals surface area contributed by atoms with Crippen LogP contribution in [0.3, 0.4) is 0 Å². The Morgan fingerprint density at radius 1 is 1.17 bits per heavy atom. The molecule has 8 nitrogen and oxygen atoms in total. The van der Waals surface area contributed by atoms with Gasteiger partial charge in [-0.25, -0.2) is 14.5 Å². The topological polar surface area (TPSA) is 95.3 Å². The average Bonchev–Trinajstić information content (AvgIpc) is 3.04. The maximum Gasteiger partial charge on any atom is 0.359 e. The first-order chi connectivity index (χ1) is 13.9. The van der Waals surface area contributed by atoms with Gasteiger partial charge in [0.2, 0.25) is 0 Å². The van der Waals surface area contributed by atoms with Gasteiger partial charge in [0.15, 0.2) is 18.1 Å². The Morgan fingerprint density at radius 3 is 2.66 bits per heavy atom. The van der Waals surface area contributed by atoms with Gasteiger partial charge in [-0.05, 0) is 44.2 Å². The van der Waals surface area contributed by atoms with Crippen LogP contribution in [0.1, 0.15) is 21.9 Å². The number of aryl methyl sites for hydroxylation is 2. The summed E-state index contributed by atoms with van der Waals surface area (Å²) in [4.78, 5) is 28.7. The highest BCUT2D eigenvalue weighted by Gasteiger charge is 2.18. The van der Waals surface area contributed by atoms with Crippen molar-refractivity contribution in [1.82, 2.24) is 14.8 Å². The lowest BCUT2D eigenvalue weighted by molar-refractivity contribution is -0.119. The van der Waals surface area contributed by atoms with Crippen LogP contribution < -0.4 is 10.1 Å². The summed E-state index contributed by atoms with van der Waals surface area (Å²) >= 11 is 6.09. The number of carbonyl (C=O) groups is 2. The zero-order valence-electron chi connectivity index (χ0n) is 16.1. The normalized spacial score (nSPS) is 10.5. The van der Waals surface area contributed by atoms with E-state index in [4.69, 9.17) is 21.1 Å². The predicted molar refractivity (Wildman–Crippen MR) is 108 cm³/mol. The van der Waals surface area contributed by atoms with Crippen LogP contribution in [0, 0.1) is 13.8 Å². The molecule has 0 aliphatic carbocycles. The van der Waals surface area contributed by atoms with Crippen LogP contribution in [-0.2, 0) is 9.53 Å². The highest BCUT2D eigenvalue weighted by molar-refractivity contribution is 6.33. The second-order valence-corrected chi connectivity index (χ2v) is 6.60. The van der Waals surface area contributed by atoms with Crippen LogP contribution in [0.15, 0.2) is 42.5 Å². The van der Waals surface area contributed by atoms with Gasteiger partial charge in [-0.1, -0.05) is 17.7 Å². The first-order valence-electron chi connectivity index (χ1n) is 8.68.